The van der Waals surface area contributed by atoms with Crippen LogP contribution in [0.5, 0.6) is 5.75 Å². The molecule has 0 N–H and O–H groups in total. The number of unbranched alkanes of at least 4 members (excludes halogenated alkanes) is 1. The van der Waals surface area contributed by atoms with Gasteiger partial charge >= 0.3 is 0 Å². The summed E-state index contributed by atoms with van der Waals surface area (Å²) in [4.78, 5) is 12.8. The van der Waals surface area contributed by atoms with E-state index < -0.39 is 11.4 Å². The van der Waals surface area contributed by atoms with Crippen molar-refractivity contribution in [1.82, 2.24) is 0 Å². The normalized spacial score (nSPS) is 23.2. The first-order valence-electron chi connectivity index (χ1n) is 7.56. The van der Waals surface area contributed by atoms with Crippen LogP contribution in [0.2, 0.25) is 0 Å². The number of ether oxygens (including phenoxy) is 3. The number of allylic oxidation sites excluding steroid dienone is 1. The molecule has 0 saturated carbocycles. The van der Waals surface area contributed by atoms with Gasteiger partial charge in [-0.15, -0.1) is 6.58 Å². The Labute approximate surface area is 132 Å². The van der Waals surface area contributed by atoms with Crippen LogP contribution >= 0.6 is 0 Å². The van der Waals surface area contributed by atoms with Crippen LogP contribution in [0.25, 0.3) is 0 Å². The summed E-state index contributed by atoms with van der Waals surface area (Å²) in [6.45, 7) is 7.58. The van der Waals surface area contributed by atoms with E-state index >= 15 is 0 Å². The van der Waals surface area contributed by atoms with Gasteiger partial charge in [-0.3, -0.25) is 4.79 Å². The van der Waals surface area contributed by atoms with Crippen molar-refractivity contribution in [2.24, 2.45) is 0 Å². The molecule has 0 aliphatic carbocycles. The van der Waals surface area contributed by atoms with Gasteiger partial charge in [-0.05, 0) is 44.4 Å². The second kappa shape index (κ2) is 6.63. The number of ketones is 1. The molecule has 0 bridgehead atoms. The fourth-order valence-electron chi connectivity index (χ4n) is 2.66. The molecular weight excluding hydrogens is 280 g/mol. The first-order valence-corrected chi connectivity index (χ1v) is 7.56. The molecule has 1 unspecified atom stereocenters. The third kappa shape index (κ3) is 3.39. The lowest BCUT2D eigenvalue weighted by Gasteiger charge is -2.28. The highest BCUT2D eigenvalue weighted by Gasteiger charge is 2.51. The maximum Gasteiger partial charge on any atom is 0.178 e. The van der Waals surface area contributed by atoms with Crippen LogP contribution < -0.4 is 4.74 Å². The molecule has 0 spiro atoms. The zero-order valence-corrected chi connectivity index (χ0v) is 13.6. The van der Waals surface area contributed by atoms with Crippen molar-refractivity contribution in [3.8, 4) is 5.75 Å². The van der Waals surface area contributed by atoms with Crippen molar-refractivity contribution in [2.75, 3.05) is 13.7 Å². The number of benzene rings is 1. The molecule has 1 fully saturated rings. The zero-order chi connectivity index (χ0) is 16.2. The Hall–Kier alpha value is -1.65. The summed E-state index contributed by atoms with van der Waals surface area (Å²) in [5.41, 5.74) is -0.223. The summed E-state index contributed by atoms with van der Waals surface area (Å²) in [5.74, 6) is 0.0230. The molecule has 22 heavy (non-hydrogen) atoms. The fraction of sp³-hybridized carbons (Fsp3) is 0.500. The minimum atomic E-state index is -1.03. The summed E-state index contributed by atoms with van der Waals surface area (Å²) < 4.78 is 16.9. The van der Waals surface area contributed by atoms with Gasteiger partial charge in [-0.1, -0.05) is 18.2 Å². The number of hydrogen-bond acceptors (Lipinski definition) is 4. The molecule has 1 aliphatic heterocycles. The highest BCUT2D eigenvalue weighted by Crippen LogP contribution is 2.41. The van der Waals surface area contributed by atoms with E-state index in [2.05, 4.69) is 6.58 Å². The quantitative estimate of drug-likeness (QED) is 0.570. The molecule has 1 saturated heterocycles. The molecule has 1 atom stereocenters. The van der Waals surface area contributed by atoms with E-state index in [-0.39, 0.29) is 12.4 Å². The Morgan fingerprint density at radius 2 is 2.05 bits per heavy atom. The van der Waals surface area contributed by atoms with Crippen LogP contribution in [-0.2, 0) is 19.9 Å². The number of hydrogen-bond donors (Lipinski definition) is 0. The van der Waals surface area contributed by atoms with Gasteiger partial charge in [0.2, 0.25) is 0 Å². The average molecular weight is 304 g/mol. The summed E-state index contributed by atoms with van der Waals surface area (Å²) >= 11 is 0. The Kier molecular flexibility index (Phi) is 5.04. The van der Waals surface area contributed by atoms with Crippen LogP contribution in [0, 0.1) is 0 Å². The summed E-state index contributed by atoms with van der Waals surface area (Å²) in [5, 5.41) is 0. The Balaban J connectivity index is 2.29. The van der Waals surface area contributed by atoms with Crippen molar-refractivity contribution in [3.05, 3.63) is 42.5 Å². The van der Waals surface area contributed by atoms with E-state index in [1.54, 1.807) is 7.11 Å². The minimum Gasteiger partial charge on any atom is -0.497 e. The molecule has 120 valence electrons. The van der Waals surface area contributed by atoms with Crippen LogP contribution in [-0.4, -0.2) is 25.3 Å². The molecule has 4 heteroatoms. The molecule has 0 amide bonds. The Morgan fingerprint density at radius 1 is 1.36 bits per heavy atom. The van der Waals surface area contributed by atoms with Gasteiger partial charge in [-0.25, -0.2) is 0 Å². The van der Waals surface area contributed by atoms with Crippen molar-refractivity contribution >= 4 is 5.78 Å². The lowest BCUT2D eigenvalue weighted by Crippen LogP contribution is -2.40. The van der Waals surface area contributed by atoms with E-state index in [1.165, 1.54) is 0 Å². The lowest BCUT2D eigenvalue weighted by molar-refractivity contribution is -0.174. The second-order valence-electron chi connectivity index (χ2n) is 5.95. The molecule has 0 aromatic heterocycles. The number of carbonyl (C=O) groups excluding carboxylic acids is 1. The van der Waals surface area contributed by atoms with Gasteiger partial charge in [0.15, 0.2) is 17.2 Å². The lowest BCUT2D eigenvalue weighted by atomic mass is 9.87. The molecule has 1 aromatic rings. The summed E-state index contributed by atoms with van der Waals surface area (Å²) in [6.07, 6.45) is 3.85. The predicted molar refractivity (Wildman–Crippen MR) is 84.8 cm³/mol. The number of Topliss-reactive ketones (excluding diaryl/α,β-unsaturated/α-hetero) is 1. The molecule has 1 aliphatic rings. The SMILES string of the molecule is C=CCCCC(=O)C1(c2ccc(OC)cc2)COC(C)(C)O1. The summed E-state index contributed by atoms with van der Waals surface area (Å²) in [7, 11) is 1.61. The third-order valence-corrected chi connectivity index (χ3v) is 3.86. The van der Waals surface area contributed by atoms with Gasteiger partial charge in [-0.2, -0.15) is 0 Å². The standard InChI is InChI=1S/C18H24O4/c1-5-6-7-8-16(19)18(13-21-17(2,3)22-18)14-9-11-15(20-4)12-10-14/h5,9-12H,1,6-8,13H2,2-4H3. The molecule has 4 nitrogen and oxygen atoms in total. The van der Waals surface area contributed by atoms with E-state index in [0.29, 0.717) is 6.42 Å². The monoisotopic (exact) mass is 304 g/mol. The fourth-order valence-corrected chi connectivity index (χ4v) is 2.66. The molecule has 1 heterocycles. The van der Waals surface area contributed by atoms with Gasteiger partial charge in [0, 0.05) is 6.42 Å². The van der Waals surface area contributed by atoms with Crippen LogP contribution in [0.15, 0.2) is 36.9 Å². The maximum absolute atomic E-state index is 12.8. The van der Waals surface area contributed by atoms with Gasteiger partial charge in [0.1, 0.15) is 5.75 Å². The van der Waals surface area contributed by atoms with E-state index in [9.17, 15) is 4.79 Å². The predicted octanol–water partition coefficient (Wildman–Crippen LogP) is 3.60. The number of carbonyl (C=O) groups is 1. The van der Waals surface area contributed by atoms with E-state index in [1.807, 2.05) is 44.2 Å². The Morgan fingerprint density at radius 3 is 2.55 bits per heavy atom. The van der Waals surface area contributed by atoms with Gasteiger partial charge < -0.3 is 14.2 Å². The first-order chi connectivity index (χ1) is 10.4. The van der Waals surface area contributed by atoms with Crippen molar-refractivity contribution in [1.29, 1.82) is 0 Å². The smallest absolute Gasteiger partial charge is 0.178 e. The van der Waals surface area contributed by atoms with Crippen molar-refractivity contribution in [3.63, 3.8) is 0 Å². The topological polar surface area (TPSA) is 44.8 Å². The highest BCUT2D eigenvalue weighted by molar-refractivity contribution is 5.89. The Bertz CT molecular complexity index is 533. The van der Waals surface area contributed by atoms with Crippen molar-refractivity contribution < 1.29 is 19.0 Å². The highest BCUT2D eigenvalue weighted by atomic mass is 16.8. The largest absolute Gasteiger partial charge is 0.497 e. The van der Waals surface area contributed by atoms with Crippen LogP contribution in [0.3, 0.4) is 0 Å². The first kappa shape index (κ1) is 16.7. The van der Waals surface area contributed by atoms with E-state index in [0.717, 1.165) is 24.2 Å². The summed E-state index contributed by atoms with van der Waals surface area (Å²) in [6, 6.07) is 7.41. The van der Waals surface area contributed by atoms with Gasteiger partial charge in [0.25, 0.3) is 0 Å². The molecule has 1 aromatic carbocycles. The van der Waals surface area contributed by atoms with Crippen LogP contribution in [0.1, 0.15) is 38.7 Å². The maximum atomic E-state index is 12.8. The number of rotatable bonds is 7. The van der Waals surface area contributed by atoms with Gasteiger partial charge in [0.05, 0.1) is 13.7 Å². The van der Waals surface area contributed by atoms with Crippen LogP contribution in [0.4, 0.5) is 0 Å². The molecule has 2 rings (SSSR count). The van der Waals surface area contributed by atoms with Crippen molar-refractivity contribution in [2.45, 2.75) is 44.5 Å². The number of methoxy groups -OCH3 is 1. The molecule has 0 radical (unpaired) electrons. The average Bonchev–Trinajstić information content (AvgIpc) is 2.85. The zero-order valence-electron chi connectivity index (χ0n) is 13.6. The van der Waals surface area contributed by atoms with E-state index in [4.69, 9.17) is 14.2 Å². The molecular formula is C18H24O4. The minimum absolute atomic E-state index is 0.0464. The third-order valence-electron chi connectivity index (χ3n) is 3.86. The second-order valence-corrected chi connectivity index (χ2v) is 5.95.